The lowest BCUT2D eigenvalue weighted by molar-refractivity contribution is 0.102. The second-order valence-electron chi connectivity index (χ2n) is 4.22. The van der Waals surface area contributed by atoms with E-state index in [0.29, 0.717) is 21.2 Å². The first-order valence-electron chi connectivity index (χ1n) is 6.02. The van der Waals surface area contributed by atoms with E-state index in [0.717, 1.165) is 4.47 Å². The summed E-state index contributed by atoms with van der Waals surface area (Å²) in [6, 6.07) is 11.8. The molecule has 0 saturated heterocycles. The van der Waals surface area contributed by atoms with Gasteiger partial charge >= 0.3 is 0 Å². The first-order chi connectivity index (χ1) is 10.0. The van der Waals surface area contributed by atoms with E-state index in [4.69, 9.17) is 16.3 Å². The van der Waals surface area contributed by atoms with E-state index in [2.05, 4.69) is 15.9 Å². The lowest BCUT2D eigenvalue weighted by Gasteiger charge is -2.06. The van der Waals surface area contributed by atoms with Gasteiger partial charge in [0.2, 0.25) is 0 Å². The van der Waals surface area contributed by atoms with Crippen LogP contribution >= 0.6 is 27.5 Å². The van der Waals surface area contributed by atoms with Crippen LogP contribution in [-0.4, -0.2) is 22.9 Å². The van der Waals surface area contributed by atoms with Crippen molar-refractivity contribution in [3.05, 3.63) is 57.5 Å². The summed E-state index contributed by atoms with van der Waals surface area (Å²) in [5, 5.41) is 0.359. The van der Waals surface area contributed by atoms with Gasteiger partial charge < -0.3 is 4.74 Å². The maximum Gasteiger partial charge on any atom is 0.175 e. The van der Waals surface area contributed by atoms with Gasteiger partial charge in [-0.3, -0.25) is 9.00 Å². The Bertz CT molecular complexity index is 686. The molecule has 0 N–H and O–H groups in total. The molecule has 0 saturated carbocycles. The zero-order valence-corrected chi connectivity index (χ0v) is 14.3. The van der Waals surface area contributed by atoms with Crippen LogP contribution in [0.2, 0.25) is 5.02 Å². The Kier molecular flexibility index (Phi) is 5.56. The van der Waals surface area contributed by atoms with E-state index in [-0.39, 0.29) is 11.5 Å². The third-order valence-electron chi connectivity index (χ3n) is 2.81. The van der Waals surface area contributed by atoms with Crippen LogP contribution in [0.25, 0.3) is 0 Å². The summed E-state index contributed by atoms with van der Waals surface area (Å²) in [6.07, 6.45) is 0. The smallest absolute Gasteiger partial charge is 0.175 e. The molecular weight excluding hydrogens is 376 g/mol. The lowest BCUT2D eigenvalue weighted by atomic mass is 10.1. The Balaban J connectivity index is 2.12. The number of rotatable bonds is 5. The van der Waals surface area contributed by atoms with Crippen molar-refractivity contribution in [1.29, 1.82) is 0 Å². The lowest BCUT2D eigenvalue weighted by Crippen LogP contribution is -2.11. The number of ether oxygens (including phenoxy) is 1. The van der Waals surface area contributed by atoms with Crippen molar-refractivity contribution in [1.82, 2.24) is 0 Å². The average molecular weight is 388 g/mol. The molecule has 0 aliphatic rings. The van der Waals surface area contributed by atoms with Crippen molar-refractivity contribution in [3.63, 3.8) is 0 Å². The number of hydrogen-bond donors (Lipinski definition) is 0. The fourth-order valence-corrected chi connectivity index (χ4v) is 3.25. The Morgan fingerprint density at radius 2 is 1.90 bits per heavy atom. The number of ketones is 1. The van der Waals surface area contributed by atoms with Gasteiger partial charge in [-0.1, -0.05) is 27.5 Å². The average Bonchev–Trinajstić information content (AvgIpc) is 2.47. The van der Waals surface area contributed by atoms with Crippen LogP contribution in [0.1, 0.15) is 10.4 Å². The summed E-state index contributed by atoms with van der Waals surface area (Å²) in [5.41, 5.74) is 0.422. The Morgan fingerprint density at radius 1 is 1.24 bits per heavy atom. The van der Waals surface area contributed by atoms with Crippen LogP contribution < -0.4 is 4.74 Å². The first kappa shape index (κ1) is 16.2. The molecule has 2 aromatic rings. The molecule has 0 heterocycles. The highest BCUT2D eigenvalue weighted by Gasteiger charge is 2.14. The molecule has 0 aromatic heterocycles. The molecule has 0 amide bonds. The predicted molar refractivity (Wildman–Crippen MR) is 87.8 cm³/mol. The van der Waals surface area contributed by atoms with Gasteiger partial charge in [0.1, 0.15) is 5.75 Å². The van der Waals surface area contributed by atoms with E-state index < -0.39 is 10.8 Å². The van der Waals surface area contributed by atoms with E-state index in [1.165, 1.54) is 13.2 Å². The molecule has 3 nitrogen and oxygen atoms in total. The molecule has 0 aliphatic heterocycles. The molecule has 0 spiro atoms. The van der Waals surface area contributed by atoms with Gasteiger partial charge in [-0.2, -0.15) is 0 Å². The summed E-state index contributed by atoms with van der Waals surface area (Å²) < 4.78 is 18.1. The molecule has 0 fully saturated rings. The van der Waals surface area contributed by atoms with Crippen molar-refractivity contribution in [2.45, 2.75) is 4.90 Å². The van der Waals surface area contributed by atoms with Crippen molar-refractivity contribution in [3.8, 4) is 5.75 Å². The minimum atomic E-state index is -1.38. The van der Waals surface area contributed by atoms with E-state index in [1.807, 2.05) is 0 Å². The van der Waals surface area contributed by atoms with Crippen LogP contribution in [0.5, 0.6) is 5.75 Å². The standard InChI is InChI=1S/C15H12BrClO3S/c1-20-15-7-2-10(8-13(15)17)14(18)9-21(19)12-5-3-11(16)4-6-12/h2-8H,9H2,1H3. The number of methoxy groups -OCH3 is 1. The summed E-state index contributed by atoms with van der Waals surface area (Å²) in [5.74, 6) is 0.202. The minimum absolute atomic E-state index is 0.0791. The Labute approximate surface area is 138 Å². The molecular formula is C15H12BrClO3S. The van der Waals surface area contributed by atoms with Crippen molar-refractivity contribution in [2.75, 3.05) is 12.9 Å². The summed E-state index contributed by atoms with van der Waals surface area (Å²) in [6.45, 7) is 0. The summed E-state index contributed by atoms with van der Waals surface area (Å²) in [4.78, 5) is 12.8. The third kappa shape index (κ3) is 4.15. The SMILES string of the molecule is COc1ccc(C(=O)CS(=O)c2ccc(Br)cc2)cc1Cl. The van der Waals surface area contributed by atoms with Gasteiger partial charge in [-0.25, -0.2) is 0 Å². The van der Waals surface area contributed by atoms with Gasteiger partial charge in [0.15, 0.2) is 5.78 Å². The van der Waals surface area contributed by atoms with Crippen molar-refractivity contribution in [2.24, 2.45) is 0 Å². The molecule has 0 aliphatic carbocycles. The Hall–Kier alpha value is -1.17. The highest BCUT2D eigenvalue weighted by Crippen LogP contribution is 2.25. The molecule has 2 rings (SSSR count). The highest BCUT2D eigenvalue weighted by atomic mass is 79.9. The van der Waals surface area contributed by atoms with E-state index in [1.54, 1.807) is 36.4 Å². The van der Waals surface area contributed by atoms with E-state index in [9.17, 15) is 9.00 Å². The van der Waals surface area contributed by atoms with Crippen LogP contribution in [0.4, 0.5) is 0 Å². The predicted octanol–water partition coefficient (Wildman–Crippen LogP) is 4.10. The van der Waals surface area contributed by atoms with Gasteiger partial charge in [0, 0.05) is 14.9 Å². The summed E-state index contributed by atoms with van der Waals surface area (Å²) >= 11 is 9.30. The molecule has 0 bridgehead atoms. The molecule has 1 atom stereocenters. The molecule has 0 radical (unpaired) electrons. The fraction of sp³-hybridized carbons (Fsp3) is 0.133. The van der Waals surface area contributed by atoms with Crippen molar-refractivity contribution >= 4 is 44.1 Å². The van der Waals surface area contributed by atoms with Crippen LogP contribution in [0.3, 0.4) is 0 Å². The van der Waals surface area contributed by atoms with Crippen molar-refractivity contribution < 1.29 is 13.7 Å². The zero-order valence-electron chi connectivity index (χ0n) is 11.1. The van der Waals surface area contributed by atoms with Crippen LogP contribution in [0, 0.1) is 0 Å². The van der Waals surface area contributed by atoms with Crippen LogP contribution in [0.15, 0.2) is 51.8 Å². The van der Waals surface area contributed by atoms with Crippen LogP contribution in [-0.2, 0) is 10.8 Å². The van der Waals surface area contributed by atoms with Gasteiger partial charge in [-0.15, -0.1) is 0 Å². The quantitative estimate of drug-likeness (QED) is 0.725. The molecule has 6 heteroatoms. The topological polar surface area (TPSA) is 43.4 Å². The second kappa shape index (κ2) is 7.20. The van der Waals surface area contributed by atoms with Gasteiger partial charge in [0.25, 0.3) is 0 Å². The molecule has 2 aromatic carbocycles. The first-order valence-corrected chi connectivity index (χ1v) is 8.51. The number of carbonyl (C=O) groups is 1. The third-order valence-corrected chi connectivity index (χ3v) is 4.96. The molecule has 21 heavy (non-hydrogen) atoms. The fourth-order valence-electron chi connectivity index (χ4n) is 1.71. The highest BCUT2D eigenvalue weighted by molar-refractivity contribution is 9.10. The van der Waals surface area contributed by atoms with E-state index >= 15 is 0 Å². The normalized spacial score (nSPS) is 12.0. The number of carbonyl (C=O) groups excluding carboxylic acids is 1. The zero-order chi connectivity index (χ0) is 15.4. The largest absolute Gasteiger partial charge is 0.495 e. The number of halogens is 2. The van der Waals surface area contributed by atoms with Gasteiger partial charge in [-0.05, 0) is 42.5 Å². The molecule has 1 unspecified atom stereocenters. The maximum absolute atomic E-state index is 12.2. The van der Waals surface area contributed by atoms with Gasteiger partial charge in [0.05, 0.1) is 28.7 Å². The number of hydrogen-bond acceptors (Lipinski definition) is 3. The summed E-state index contributed by atoms with van der Waals surface area (Å²) in [7, 11) is 0.125. The maximum atomic E-state index is 12.2. The minimum Gasteiger partial charge on any atom is -0.495 e. The Morgan fingerprint density at radius 3 is 2.48 bits per heavy atom. The number of Topliss-reactive ketones (excluding diaryl/α,β-unsaturated/α-hetero) is 1. The second-order valence-corrected chi connectivity index (χ2v) is 6.99. The molecule has 110 valence electrons. The number of benzene rings is 2. The monoisotopic (exact) mass is 386 g/mol.